The van der Waals surface area contributed by atoms with Crippen molar-refractivity contribution in [3.05, 3.63) is 192 Å². The summed E-state index contributed by atoms with van der Waals surface area (Å²) in [6.45, 7) is 11.6. The number of ether oxygens (including phenoxy) is 2. The minimum Gasteiger partial charge on any atom is -0.382 e. The van der Waals surface area contributed by atoms with Gasteiger partial charge < -0.3 is 70.5 Å². The van der Waals surface area contributed by atoms with Crippen LogP contribution in [0.15, 0.2) is 153 Å². The highest BCUT2D eigenvalue weighted by atomic mass is 19.1. The summed E-state index contributed by atoms with van der Waals surface area (Å²) in [4.78, 5) is 85.6. The Labute approximate surface area is 621 Å². The predicted octanol–water partition coefficient (Wildman–Crippen LogP) is 9.88. The molecule has 108 heavy (non-hydrogen) atoms. The Hall–Kier alpha value is -12.0. The van der Waals surface area contributed by atoms with Crippen LogP contribution < -0.4 is 51.9 Å². The Kier molecular flexibility index (Phi) is 18.0. The van der Waals surface area contributed by atoms with Crippen molar-refractivity contribution in [3.8, 4) is 33.8 Å². The number of fused-ring (bicyclic) bond motifs is 7. The van der Waals surface area contributed by atoms with Crippen LogP contribution in [0, 0.1) is 11.7 Å². The Morgan fingerprint density at radius 1 is 0.574 bits per heavy atom. The lowest BCUT2D eigenvalue weighted by Crippen LogP contribution is -2.44. The Morgan fingerprint density at radius 2 is 1.22 bits per heavy atom. The van der Waals surface area contributed by atoms with Crippen LogP contribution in [0.1, 0.15) is 73.4 Å². The van der Waals surface area contributed by atoms with E-state index in [0.29, 0.717) is 108 Å². The molecule has 11 aromatic heterocycles. The number of pyridine rings is 8. The van der Waals surface area contributed by atoms with Gasteiger partial charge in [-0.15, -0.1) is 0 Å². The van der Waals surface area contributed by atoms with E-state index in [4.69, 9.17) is 29.4 Å². The van der Waals surface area contributed by atoms with Gasteiger partial charge in [-0.2, -0.15) is 0 Å². The number of hydrogen-bond acceptors (Lipinski definition) is 21. The van der Waals surface area contributed by atoms with E-state index in [-0.39, 0.29) is 29.6 Å². The van der Waals surface area contributed by atoms with Crippen molar-refractivity contribution in [2.75, 3.05) is 110 Å². The number of nitrogens with one attached hydrogen (secondary N) is 7. The molecule has 0 bridgehead atoms. The highest BCUT2D eigenvalue weighted by Gasteiger charge is 2.39. The maximum Gasteiger partial charge on any atom is 0.254 e. The summed E-state index contributed by atoms with van der Waals surface area (Å²) in [5.41, 5.74) is 15.0. The zero-order chi connectivity index (χ0) is 73.1. The predicted molar refractivity (Wildman–Crippen MR) is 412 cm³/mol. The molecule has 548 valence electrons. The molecule has 7 N–H and O–H groups in total. The molecule has 0 unspecified atom stereocenters. The van der Waals surface area contributed by atoms with Gasteiger partial charge in [0.15, 0.2) is 0 Å². The summed E-state index contributed by atoms with van der Waals surface area (Å²) >= 11 is 0. The molecular weight excluding hydrogens is 1370 g/mol. The van der Waals surface area contributed by atoms with Gasteiger partial charge in [0.2, 0.25) is 0 Å². The molecule has 0 spiro atoms. The third-order valence-electron chi connectivity index (χ3n) is 22.2. The number of aryl methyl sites for hydroxylation is 2. The first-order valence-corrected chi connectivity index (χ1v) is 36.9. The van der Waals surface area contributed by atoms with Crippen LogP contribution in [0.2, 0.25) is 0 Å². The molecule has 4 atom stereocenters. The van der Waals surface area contributed by atoms with Crippen molar-refractivity contribution in [1.82, 2.24) is 79.6 Å². The van der Waals surface area contributed by atoms with Gasteiger partial charge in [-0.1, -0.05) is 18.2 Å². The molecule has 8 aliphatic heterocycles. The number of rotatable bonds is 15. The molecule has 3 amide bonds. The van der Waals surface area contributed by atoms with Gasteiger partial charge in [-0.05, 0) is 123 Å². The molecule has 0 saturated carbocycles. The van der Waals surface area contributed by atoms with Crippen LogP contribution >= 0.6 is 0 Å². The van der Waals surface area contributed by atoms with E-state index in [0.717, 1.165) is 136 Å². The minimum absolute atomic E-state index is 0.0353. The van der Waals surface area contributed by atoms with Crippen LogP contribution in [-0.2, 0) is 43.2 Å². The number of methoxy groups -OCH3 is 1. The molecule has 20 rings (SSSR count). The summed E-state index contributed by atoms with van der Waals surface area (Å²) in [6, 6.07) is 31.7. The molecule has 27 nitrogen and oxygen atoms in total. The van der Waals surface area contributed by atoms with E-state index in [1.165, 1.54) is 50.9 Å². The number of halogens is 1. The Bertz CT molecular complexity index is 5480. The van der Waals surface area contributed by atoms with Crippen LogP contribution in [-0.4, -0.2) is 173 Å². The zero-order valence-electron chi connectivity index (χ0n) is 60.1. The number of carbonyl (C=O) groups is 3. The fourth-order valence-corrected chi connectivity index (χ4v) is 16.8. The fraction of sp³-hybridized carbons (Fsp3) is 0.312. The van der Waals surface area contributed by atoms with Crippen LogP contribution in [0.3, 0.4) is 0 Å². The number of anilines is 9. The molecule has 5 fully saturated rings. The van der Waals surface area contributed by atoms with Crippen LogP contribution in [0.4, 0.5) is 56.2 Å². The lowest BCUT2D eigenvalue weighted by molar-refractivity contribution is -0.0100. The molecule has 19 heterocycles. The van der Waals surface area contributed by atoms with Crippen LogP contribution in [0.5, 0.6) is 0 Å². The Balaban J connectivity index is 0.000000114. The maximum atomic E-state index is 13.6. The summed E-state index contributed by atoms with van der Waals surface area (Å²) in [6.07, 6.45) is 21.3. The Morgan fingerprint density at radius 3 is 1.89 bits per heavy atom. The van der Waals surface area contributed by atoms with Gasteiger partial charge in [0.1, 0.15) is 51.8 Å². The van der Waals surface area contributed by atoms with Gasteiger partial charge in [0, 0.05) is 174 Å². The van der Waals surface area contributed by atoms with Gasteiger partial charge in [-0.25, -0.2) is 34.3 Å². The molecule has 1 aromatic carbocycles. The third-order valence-corrected chi connectivity index (χ3v) is 22.2. The molecular formula is C80H81FN22O5. The summed E-state index contributed by atoms with van der Waals surface area (Å²) in [5, 5.41) is 24.5. The molecule has 0 radical (unpaired) electrons. The highest BCUT2D eigenvalue weighted by molar-refractivity contribution is 6.09. The lowest BCUT2D eigenvalue weighted by atomic mass is 9.99. The highest BCUT2D eigenvalue weighted by Crippen LogP contribution is 2.41. The normalized spacial score (nSPS) is 19.2. The van der Waals surface area contributed by atoms with Crippen LogP contribution in [0.25, 0.3) is 61.5 Å². The van der Waals surface area contributed by atoms with Crippen molar-refractivity contribution in [3.63, 3.8) is 0 Å². The van der Waals surface area contributed by atoms with Crippen molar-refractivity contribution in [2.24, 2.45) is 20.0 Å². The average molecular weight is 1450 g/mol. The van der Waals surface area contributed by atoms with Crippen molar-refractivity contribution < 1.29 is 28.2 Å². The first-order valence-electron chi connectivity index (χ1n) is 36.9. The van der Waals surface area contributed by atoms with Gasteiger partial charge in [0.25, 0.3) is 17.7 Å². The first-order chi connectivity index (χ1) is 52.9. The number of likely N-dealkylation sites (tertiary alicyclic amines) is 1. The molecule has 28 heteroatoms. The summed E-state index contributed by atoms with van der Waals surface area (Å²) < 4.78 is 30.4. The molecule has 8 aliphatic rings. The van der Waals surface area contributed by atoms with E-state index < -0.39 is 0 Å². The smallest absolute Gasteiger partial charge is 0.254 e. The van der Waals surface area contributed by atoms with E-state index >= 15 is 0 Å². The number of carbonyl (C=O) groups excluding carboxylic acids is 3. The number of aromatic nitrogens is 11. The second-order valence-corrected chi connectivity index (χ2v) is 28.6. The summed E-state index contributed by atoms with van der Waals surface area (Å²) in [7, 11) is 5.62. The standard InChI is InChI=1S/C28H30N8O.C26H25FN6O3.C26H26N8O/c1-34-13-9-20-19(7-10-29-27(20)34)26-21-15-31-28(37)25(21)22(16-30-26)32-23-5-4-6-24(33-23)36-14-8-18(17-36)35-11-2-3-12-35;1-35-15-18-14-32(8-9-36-18)17-2-5-23(28-11-17)31-21-4-3-19(20-12-30-26(34)25(20)21)22-13-29-24-10-16(27)6-7-33(22)24;1-33-9-7-17-16(5-8-28-25(17)33)24-18-12-30-26(35)23(18)19(13-29-24)31-21-3-2-4-22(32-21)34-10-6-15-11-27-14-20(15)34/h4-7,9-10,13,16,18H,2-3,8,11-12,14-15,17H2,1H3,(H,31,37)(H,32,33);2-7,10-11,13,18H,8-9,12,14-15H2,1H3,(H,28,31)(H,30,34);2-5,7-9,13,15,20,27H,6,10-12,14H2,1H3,(H,30,35)(H,31,32)/t2*18-;15-,20+/m001/s1. The SMILES string of the molecule is COC[C@@H]1CN(c2ccc(Nc3ccc(-c4cnc5cc(F)ccn45)c4c3C(=O)NC4)nc2)CCO1.Cn1ccc2c(-c3ncc(Nc4cccc(N5CC[C@@H]6CNC[C@@H]65)n4)c4c3CNC4=O)ccnc21.Cn1ccc2c(-c3ncc(Nc4cccc(N5CC[C@H](N6CCCC6)C5)n4)c4c3CNC4=O)ccnc21. The number of hydrogen-bond donors (Lipinski definition) is 7. The maximum absolute atomic E-state index is 13.6. The van der Waals surface area contributed by atoms with E-state index in [1.807, 2.05) is 119 Å². The average Bonchev–Trinajstić information content (AvgIpc) is 1.47. The number of imidazole rings is 1. The first kappa shape index (κ1) is 67.9. The second kappa shape index (κ2) is 28.7. The van der Waals surface area contributed by atoms with Crippen molar-refractivity contribution >= 4 is 97.3 Å². The quantitative estimate of drug-likeness (QED) is 0.0502. The third kappa shape index (κ3) is 12.8. The van der Waals surface area contributed by atoms with Gasteiger partial charge in [-0.3, -0.25) is 33.7 Å². The van der Waals surface area contributed by atoms with Gasteiger partial charge in [0.05, 0.1) is 101 Å². The second-order valence-electron chi connectivity index (χ2n) is 28.6. The molecule has 5 saturated heterocycles. The van der Waals surface area contributed by atoms with E-state index in [1.54, 1.807) is 44.3 Å². The van der Waals surface area contributed by atoms with Gasteiger partial charge >= 0.3 is 0 Å². The fourth-order valence-electron chi connectivity index (χ4n) is 16.8. The number of amides is 3. The number of nitrogens with zero attached hydrogens (tertiary/aromatic N) is 15. The van der Waals surface area contributed by atoms with Crippen molar-refractivity contribution in [2.45, 2.75) is 63.5 Å². The number of morpholine rings is 1. The lowest BCUT2D eigenvalue weighted by Gasteiger charge is -2.34. The number of benzene rings is 1. The van der Waals surface area contributed by atoms with E-state index in [2.05, 4.69) is 88.9 Å². The minimum atomic E-state index is -0.344. The van der Waals surface area contributed by atoms with E-state index in [9.17, 15) is 18.8 Å². The zero-order valence-corrected chi connectivity index (χ0v) is 60.1. The largest absolute Gasteiger partial charge is 0.382 e. The monoisotopic (exact) mass is 1450 g/mol. The molecule has 12 aromatic rings. The molecule has 0 aliphatic carbocycles. The van der Waals surface area contributed by atoms with Crippen molar-refractivity contribution in [1.29, 1.82) is 0 Å². The summed E-state index contributed by atoms with van der Waals surface area (Å²) in [5.74, 6) is 4.02. The topological polar surface area (TPSA) is 284 Å².